The first kappa shape index (κ1) is 15.1. The third-order valence-corrected chi connectivity index (χ3v) is 2.67. The van der Waals surface area contributed by atoms with Crippen molar-refractivity contribution >= 4 is 11.9 Å². The van der Waals surface area contributed by atoms with Crippen molar-refractivity contribution in [2.75, 3.05) is 6.54 Å². The molecule has 2 atom stereocenters. The predicted molar refractivity (Wildman–Crippen MR) is 66.6 cm³/mol. The van der Waals surface area contributed by atoms with E-state index in [9.17, 15) is 9.59 Å². The molecule has 1 aromatic heterocycles. The van der Waals surface area contributed by atoms with Gasteiger partial charge in [-0.15, -0.1) is 0 Å². The molecule has 2 heterocycles. The average Bonchev–Trinajstić information content (AvgIpc) is 3.02. The van der Waals surface area contributed by atoms with Gasteiger partial charge in [-0.25, -0.2) is 4.98 Å². The molecule has 6 N–H and O–H groups in total. The Hall–Kier alpha value is -1.93. The number of H-pyrrole nitrogens is 1. The summed E-state index contributed by atoms with van der Waals surface area (Å²) in [5, 5.41) is 19.6. The fourth-order valence-electron chi connectivity index (χ4n) is 1.62. The number of aromatic nitrogens is 2. The van der Waals surface area contributed by atoms with Crippen LogP contribution in [0.4, 0.5) is 0 Å². The number of aromatic amines is 1. The molecule has 0 bridgehead atoms. The molecule has 1 aliphatic rings. The van der Waals surface area contributed by atoms with Gasteiger partial charge in [0.2, 0.25) is 0 Å². The molecule has 0 aromatic carbocycles. The number of rotatable bonds is 4. The smallest absolute Gasteiger partial charge is 0.320 e. The van der Waals surface area contributed by atoms with E-state index < -0.39 is 18.0 Å². The lowest BCUT2D eigenvalue weighted by Gasteiger charge is -2.02. The minimum absolute atomic E-state index is 0.269. The summed E-state index contributed by atoms with van der Waals surface area (Å²) in [7, 11) is 0. The third-order valence-electron chi connectivity index (χ3n) is 2.67. The van der Waals surface area contributed by atoms with E-state index in [1.807, 2.05) is 0 Å². The van der Waals surface area contributed by atoms with Crippen LogP contribution in [0, 0.1) is 0 Å². The molecular weight excluding hydrogens is 252 g/mol. The Morgan fingerprint density at radius 1 is 1.53 bits per heavy atom. The van der Waals surface area contributed by atoms with E-state index in [1.54, 1.807) is 6.20 Å². The highest BCUT2D eigenvalue weighted by atomic mass is 16.4. The van der Waals surface area contributed by atoms with Crippen molar-refractivity contribution in [3.63, 3.8) is 0 Å². The van der Waals surface area contributed by atoms with Crippen LogP contribution in [-0.2, 0) is 16.0 Å². The molecule has 0 aliphatic carbocycles. The van der Waals surface area contributed by atoms with Crippen LogP contribution in [0.2, 0.25) is 0 Å². The highest BCUT2D eigenvalue weighted by Crippen LogP contribution is 2.03. The van der Waals surface area contributed by atoms with Gasteiger partial charge in [0, 0.05) is 18.3 Å². The van der Waals surface area contributed by atoms with Gasteiger partial charge in [-0.05, 0) is 19.4 Å². The van der Waals surface area contributed by atoms with Crippen molar-refractivity contribution in [2.24, 2.45) is 5.73 Å². The maximum Gasteiger partial charge on any atom is 0.320 e. The fraction of sp³-hybridized carbons (Fsp3) is 0.545. The highest BCUT2D eigenvalue weighted by molar-refractivity contribution is 5.73. The van der Waals surface area contributed by atoms with Gasteiger partial charge in [-0.2, -0.15) is 0 Å². The van der Waals surface area contributed by atoms with E-state index in [4.69, 9.17) is 15.9 Å². The van der Waals surface area contributed by atoms with Crippen LogP contribution < -0.4 is 11.1 Å². The Bertz CT molecular complexity index is 401. The lowest BCUT2D eigenvalue weighted by atomic mass is 10.2. The number of aliphatic carboxylic acids is 2. The summed E-state index contributed by atoms with van der Waals surface area (Å²) in [6.07, 6.45) is 5.12. The number of carboxylic acid groups (broad SMARTS) is 2. The van der Waals surface area contributed by atoms with Gasteiger partial charge in [0.25, 0.3) is 0 Å². The first-order valence-electron chi connectivity index (χ1n) is 5.92. The predicted octanol–water partition coefficient (Wildman–Crippen LogP) is -0.813. The van der Waals surface area contributed by atoms with Crippen molar-refractivity contribution in [3.05, 3.63) is 18.2 Å². The maximum atomic E-state index is 10.3. The van der Waals surface area contributed by atoms with Gasteiger partial charge in [0.05, 0.1) is 6.33 Å². The molecule has 1 aliphatic heterocycles. The Kier molecular flexibility index (Phi) is 5.97. The summed E-state index contributed by atoms with van der Waals surface area (Å²) >= 11 is 0. The zero-order valence-electron chi connectivity index (χ0n) is 10.4. The molecule has 19 heavy (non-hydrogen) atoms. The van der Waals surface area contributed by atoms with E-state index in [0.717, 1.165) is 25.1 Å². The molecule has 106 valence electrons. The number of nitrogens with two attached hydrogens (primary N) is 1. The first-order chi connectivity index (χ1) is 9.00. The second-order valence-electron chi connectivity index (χ2n) is 4.21. The molecule has 2 rings (SSSR count). The SMILES string of the molecule is NC(Cc1cnc[nH]1)C(=O)O.O=C(O)[C@@H]1CCCN1. The number of nitrogens with zero attached hydrogens (tertiary/aromatic N) is 1. The Morgan fingerprint density at radius 3 is 2.63 bits per heavy atom. The molecule has 0 spiro atoms. The van der Waals surface area contributed by atoms with Gasteiger partial charge in [0.15, 0.2) is 0 Å². The molecule has 1 aromatic rings. The van der Waals surface area contributed by atoms with Crippen LogP contribution >= 0.6 is 0 Å². The fourth-order valence-corrected chi connectivity index (χ4v) is 1.62. The van der Waals surface area contributed by atoms with Crippen molar-refractivity contribution in [3.8, 4) is 0 Å². The molecule has 8 nitrogen and oxygen atoms in total. The van der Waals surface area contributed by atoms with Crippen molar-refractivity contribution < 1.29 is 19.8 Å². The highest BCUT2D eigenvalue weighted by Gasteiger charge is 2.20. The zero-order valence-corrected chi connectivity index (χ0v) is 10.4. The number of carboxylic acids is 2. The number of hydrogen-bond donors (Lipinski definition) is 5. The van der Waals surface area contributed by atoms with Crippen LogP contribution in [0.1, 0.15) is 18.5 Å². The molecule has 0 radical (unpaired) electrons. The van der Waals surface area contributed by atoms with E-state index in [-0.39, 0.29) is 12.5 Å². The first-order valence-corrected chi connectivity index (χ1v) is 5.92. The van der Waals surface area contributed by atoms with E-state index in [2.05, 4.69) is 15.3 Å². The summed E-state index contributed by atoms with van der Waals surface area (Å²) in [5.74, 6) is -1.72. The Morgan fingerprint density at radius 2 is 2.26 bits per heavy atom. The van der Waals surface area contributed by atoms with Crippen LogP contribution in [-0.4, -0.2) is 50.7 Å². The maximum absolute atomic E-state index is 10.3. The summed E-state index contributed by atoms with van der Waals surface area (Å²) in [5.41, 5.74) is 6.00. The summed E-state index contributed by atoms with van der Waals surface area (Å²) in [4.78, 5) is 26.9. The topological polar surface area (TPSA) is 141 Å². The zero-order chi connectivity index (χ0) is 14.3. The van der Waals surface area contributed by atoms with Gasteiger partial charge in [-0.1, -0.05) is 0 Å². The van der Waals surface area contributed by atoms with Crippen molar-refractivity contribution in [2.45, 2.75) is 31.3 Å². The quantitative estimate of drug-likeness (QED) is 0.481. The Balaban J connectivity index is 0.000000200. The number of hydrogen-bond acceptors (Lipinski definition) is 5. The molecule has 1 fully saturated rings. The van der Waals surface area contributed by atoms with Crippen LogP contribution in [0.15, 0.2) is 12.5 Å². The summed E-state index contributed by atoms with van der Waals surface area (Å²) in [6, 6.07) is -1.12. The van der Waals surface area contributed by atoms with E-state index >= 15 is 0 Å². The van der Waals surface area contributed by atoms with Crippen LogP contribution in [0.5, 0.6) is 0 Å². The minimum Gasteiger partial charge on any atom is -0.480 e. The lowest BCUT2D eigenvalue weighted by Crippen LogP contribution is -2.32. The lowest BCUT2D eigenvalue weighted by molar-refractivity contribution is -0.139. The summed E-state index contributed by atoms with van der Waals surface area (Å²) < 4.78 is 0. The second-order valence-corrected chi connectivity index (χ2v) is 4.21. The van der Waals surface area contributed by atoms with Gasteiger partial charge in [0.1, 0.15) is 12.1 Å². The van der Waals surface area contributed by atoms with Crippen molar-refractivity contribution in [1.29, 1.82) is 0 Å². The van der Waals surface area contributed by atoms with Gasteiger partial charge >= 0.3 is 11.9 Å². The average molecular weight is 270 g/mol. The standard InChI is InChI=1S/C6H9N3O2.C5H9NO2/c7-5(6(10)11)1-4-2-8-3-9-4;7-5(8)4-2-1-3-6-4/h2-3,5H,1,7H2,(H,8,9)(H,10,11);4,6H,1-3H2,(H,7,8)/t;4-/m.0/s1. The summed E-state index contributed by atoms with van der Waals surface area (Å²) in [6.45, 7) is 0.858. The van der Waals surface area contributed by atoms with Crippen LogP contribution in [0.25, 0.3) is 0 Å². The molecular formula is C11H18N4O4. The van der Waals surface area contributed by atoms with Gasteiger partial charge < -0.3 is 26.2 Å². The van der Waals surface area contributed by atoms with E-state index in [0.29, 0.717) is 0 Å². The largest absolute Gasteiger partial charge is 0.480 e. The van der Waals surface area contributed by atoms with Gasteiger partial charge in [-0.3, -0.25) is 9.59 Å². The van der Waals surface area contributed by atoms with Crippen LogP contribution in [0.3, 0.4) is 0 Å². The second kappa shape index (κ2) is 7.49. The van der Waals surface area contributed by atoms with Crippen molar-refractivity contribution in [1.82, 2.24) is 15.3 Å². The molecule has 1 unspecified atom stereocenters. The molecule has 8 heteroatoms. The minimum atomic E-state index is -1.00. The number of imidazole rings is 1. The Labute approximate surface area is 110 Å². The molecule has 1 saturated heterocycles. The third kappa shape index (κ3) is 5.49. The monoisotopic (exact) mass is 270 g/mol. The van der Waals surface area contributed by atoms with E-state index in [1.165, 1.54) is 6.33 Å². The number of nitrogens with one attached hydrogen (secondary N) is 2. The normalized spacial score (nSPS) is 19.3. The number of carbonyl (C=O) groups is 2. The molecule has 0 saturated carbocycles. The molecule has 0 amide bonds.